The molecule has 0 saturated heterocycles. The molecule has 1 heterocycles. The molecule has 1 aromatic heterocycles. The van der Waals surface area contributed by atoms with Gasteiger partial charge in [0.2, 0.25) is 0 Å². The van der Waals surface area contributed by atoms with Crippen molar-refractivity contribution in [1.82, 2.24) is 4.98 Å². The maximum atomic E-state index is 12.7. The Labute approximate surface area is 120 Å². The van der Waals surface area contributed by atoms with E-state index in [0.717, 1.165) is 11.6 Å². The molecule has 2 rings (SSSR count). The van der Waals surface area contributed by atoms with Crippen LogP contribution < -0.4 is 4.90 Å². The molecule has 0 radical (unpaired) electrons. The third-order valence-corrected chi connectivity index (χ3v) is 2.93. The number of hydrogen-bond acceptors (Lipinski definition) is 3. The number of benzene rings is 1. The van der Waals surface area contributed by atoms with E-state index in [1.165, 1.54) is 12.1 Å². The zero-order valence-corrected chi connectivity index (χ0v) is 11.2. The smallest absolute Gasteiger partial charge is 0.395 e. The van der Waals surface area contributed by atoms with E-state index in [9.17, 15) is 13.2 Å². The van der Waals surface area contributed by atoms with Crippen molar-refractivity contribution in [3.8, 4) is 0 Å². The van der Waals surface area contributed by atoms with Gasteiger partial charge in [0.05, 0.1) is 6.61 Å². The average molecular weight is 296 g/mol. The molecule has 0 saturated carbocycles. The Hall–Kier alpha value is -2.08. The molecule has 6 heteroatoms. The number of pyridine rings is 1. The Kier molecular flexibility index (Phi) is 4.80. The van der Waals surface area contributed by atoms with Gasteiger partial charge in [0, 0.05) is 13.1 Å². The number of halogens is 3. The summed E-state index contributed by atoms with van der Waals surface area (Å²) in [6.45, 7) is 0.434. The minimum Gasteiger partial charge on any atom is -0.395 e. The predicted octanol–water partition coefficient (Wildman–Crippen LogP) is 3.10. The Morgan fingerprint density at radius 2 is 1.71 bits per heavy atom. The molecule has 112 valence electrons. The van der Waals surface area contributed by atoms with Gasteiger partial charge in [-0.25, -0.2) is 4.98 Å². The first-order valence-corrected chi connectivity index (χ1v) is 6.44. The monoisotopic (exact) mass is 296 g/mol. The second-order valence-corrected chi connectivity index (χ2v) is 4.51. The van der Waals surface area contributed by atoms with Gasteiger partial charge in [-0.15, -0.1) is 0 Å². The molecule has 2 aromatic rings. The van der Waals surface area contributed by atoms with E-state index in [4.69, 9.17) is 5.11 Å². The number of hydrogen-bond donors (Lipinski definition) is 1. The van der Waals surface area contributed by atoms with Gasteiger partial charge < -0.3 is 10.0 Å². The Balaban J connectivity index is 2.26. The highest BCUT2D eigenvalue weighted by atomic mass is 19.4. The van der Waals surface area contributed by atoms with Crippen LogP contribution in [0.4, 0.5) is 19.0 Å². The number of aliphatic hydroxyl groups excluding tert-OH is 1. The summed E-state index contributed by atoms with van der Waals surface area (Å²) in [7, 11) is 0. The van der Waals surface area contributed by atoms with E-state index in [1.807, 2.05) is 30.3 Å². The molecule has 0 bridgehead atoms. The topological polar surface area (TPSA) is 36.4 Å². The van der Waals surface area contributed by atoms with E-state index in [0.29, 0.717) is 6.54 Å². The van der Waals surface area contributed by atoms with E-state index in [2.05, 4.69) is 4.98 Å². The van der Waals surface area contributed by atoms with Crippen molar-refractivity contribution in [2.45, 2.75) is 12.7 Å². The van der Waals surface area contributed by atoms with Crippen molar-refractivity contribution in [3.05, 3.63) is 59.8 Å². The number of anilines is 1. The number of aliphatic hydroxyl groups is 1. The summed E-state index contributed by atoms with van der Waals surface area (Å²) in [6, 6.07) is 13.1. The molecular weight excluding hydrogens is 281 g/mol. The van der Waals surface area contributed by atoms with Crippen LogP contribution in [0.2, 0.25) is 0 Å². The van der Waals surface area contributed by atoms with Crippen LogP contribution in [0.5, 0.6) is 0 Å². The first kappa shape index (κ1) is 15.3. The van der Waals surface area contributed by atoms with Crippen molar-refractivity contribution >= 4 is 5.82 Å². The van der Waals surface area contributed by atoms with E-state index < -0.39 is 11.9 Å². The van der Waals surface area contributed by atoms with Crippen molar-refractivity contribution < 1.29 is 18.3 Å². The molecule has 1 aromatic carbocycles. The van der Waals surface area contributed by atoms with Crippen LogP contribution in [0.1, 0.15) is 11.3 Å². The minimum absolute atomic E-state index is 0.162. The maximum Gasteiger partial charge on any atom is 0.433 e. The van der Waals surface area contributed by atoms with Gasteiger partial charge >= 0.3 is 6.18 Å². The first-order chi connectivity index (χ1) is 10.0. The number of aromatic nitrogens is 1. The van der Waals surface area contributed by atoms with Gasteiger partial charge in [0.25, 0.3) is 0 Å². The molecule has 21 heavy (non-hydrogen) atoms. The highest BCUT2D eigenvalue weighted by Crippen LogP contribution is 2.29. The zero-order valence-electron chi connectivity index (χ0n) is 11.2. The highest BCUT2D eigenvalue weighted by Gasteiger charge is 2.32. The van der Waals surface area contributed by atoms with Crippen LogP contribution in [0.3, 0.4) is 0 Å². The molecular formula is C15H15F3N2O. The van der Waals surface area contributed by atoms with Crippen LogP contribution in [0.15, 0.2) is 48.5 Å². The van der Waals surface area contributed by atoms with Gasteiger partial charge in [-0.3, -0.25) is 0 Å². The summed E-state index contributed by atoms with van der Waals surface area (Å²) in [4.78, 5) is 5.26. The van der Waals surface area contributed by atoms with E-state index >= 15 is 0 Å². The van der Waals surface area contributed by atoms with Gasteiger partial charge in [0.15, 0.2) is 0 Å². The van der Waals surface area contributed by atoms with Gasteiger partial charge in [-0.2, -0.15) is 13.2 Å². The zero-order chi connectivity index (χ0) is 15.3. The van der Waals surface area contributed by atoms with Gasteiger partial charge in [-0.05, 0) is 17.7 Å². The normalized spacial score (nSPS) is 11.4. The largest absolute Gasteiger partial charge is 0.433 e. The van der Waals surface area contributed by atoms with Crippen LogP contribution in [-0.4, -0.2) is 23.2 Å². The third-order valence-electron chi connectivity index (χ3n) is 2.93. The lowest BCUT2D eigenvalue weighted by Gasteiger charge is -2.23. The molecule has 0 atom stereocenters. The highest BCUT2D eigenvalue weighted by molar-refractivity contribution is 5.41. The summed E-state index contributed by atoms with van der Waals surface area (Å²) >= 11 is 0. The molecule has 3 nitrogen and oxygen atoms in total. The Morgan fingerprint density at radius 1 is 1.00 bits per heavy atom. The average Bonchev–Trinajstić information content (AvgIpc) is 2.47. The Bertz CT molecular complexity index is 573. The van der Waals surface area contributed by atoms with E-state index in [1.54, 1.807) is 4.90 Å². The molecule has 0 aliphatic carbocycles. The molecule has 0 unspecified atom stereocenters. The molecule has 0 aliphatic heterocycles. The molecule has 0 fully saturated rings. The second-order valence-electron chi connectivity index (χ2n) is 4.51. The molecule has 0 amide bonds. The summed E-state index contributed by atoms with van der Waals surface area (Å²) < 4.78 is 38.1. The predicted molar refractivity (Wildman–Crippen MR) is 73.8 cm³/mol. The Morgan fingerprint density at radius 3 is 2.33 bits per heavy atom. The fourth-order valence-corrected chi connectivity index (χ4v) is 1.96. The summed E-state index contributed by atoms with van der Waals surface area (Å²) in [5.41, 5.74) is 0.00108. The van der Waals surface area contributed by atoms with Crippen molar-refractivity contribution in [1.29, 1.82) is 0 Å². The van der Waals surface area contributed by atoms with E-state index in [-0.39, 0.29) is 19.0 Å². The second kappa shape index (κ2) is 6.58. The van der Waals surface area contributed by atoms with Crippen molar-refractivity contribution in [3.63, 3.8) is 0 Å². The number of rotatable bonds is 5. The fraction of sp³-hybridized carbons (Fsp3) is 0.267. The van der Waals surface area contributed by atoms with Crippen LogP contribution >= 0.6 is 0 Å². The lowest BCUT2D eigenvalue weighted by atomic mass is 10.2. The molecule has 0 spiro atoms. The van der Waals surface area contributed by atoms with Crippen LogP contribution in [-0.2, 0) is 12.7 Å². The summed E-state index contributed by atoms with van der Waals surface area (Å²) in [6.07, 6.45) is -4.48. The number of nitrogens with zero attached hydrogens (tertiary/aromatic N) is 2. The third kappa shape index (κ3) is 4.19. The molecule has 1 N–H and O–H groups in total. The first-order valence-electron chi connectivity index (χ1n) is 6.44. The van der Waals surface area contributed by atoms with Crippen LogP contribution in [0, 0.1) is 0 Å². The van der Waals surface area contributed by atoms with Crippen molar-refractivity contribution in [2.24, 2.45) is 0 Å². The quantitative estimate of drug-likeness (QED) is 0.921. The lowest BCUT2D eigenvalue weighted by molar-refractivity contribution is -0.141. The van der Waals surface area contributed by atoms with Gasteiger partial charge in [0.1, 0.15) is 11.5 Å². The molecule has 0 aliphatic rings. The maximum absolute atomic E-state index is 12.7. The SMILES string of the molecule is OCCN(Cc1ccccc1)c1cccc(C(F)(F)F)n1. The summed E-state index contributed by atoms with van der Waals surface area (Å²) in [5, 5.41) is 9.11. The standard InChI is InChI=1S/C15H15F3N2O/c16-15(17,18)13-7-4-8-14(19-13)20(9-10-21)11-12-5-2-1-3-6-12/h1-8,21H,9-11H2. The number of alkyl halides is 3. The lowest BCUT2D eigenvalue weighted by Crippen LogP contribution is -2.27. The fourth-order valence-electron chi connectivity index (χ4n) is 1.96. The minimum atomic E-state index is -4.48. The van der Waals surface area contributed by atoms with Crippen LogP contribution in [0.25, 0.3) is 0 Å². The van der Waals surface area contributed by atoms with Gasteiger partial charge in [-0.1, -0.05) is 36.4 Å². The summed E-state index contributed by atoms with van der Waals surface area (Å²) in [5.74, 6) is 0.197. The van der Waals surface area contributed by atoms with Crippen molar-refractivity contribution in [2.75, 3.05) is 18.1 Å².